The first kappa shape index (κ1) is 47.5. The number of hydrogen-bond donors (Lipinski definition) is 1. The Hall–Kier alpha value is -5.77. The van der Waals surface area contributed by atoms with Gasteiger partial charge in [0.2, 0.25) is 11.4 Å². The number of fused-ring (bicyclic) bond motifs is 7. The number of carbonyl (C=O) groups is 1. The van der Waals surface area contributed by atoms with Crippen molar-refractivity contribution in [3.05, 3.63) is 123 Å². The molecule has 9 aliphatic heterocycles. The first-order valence-electron chi connectivity index (χ1n) is 26.4. The van der Waals surface area contributed by atoms with E-state index in [0.717, 1.165) is 100 Å². The Morgan fingerprint density at radius 3 is 1.97 bits per heavy atom. The zero-order valence-electron chi connectivity index (χ0n) is 44.1. The molecule has 0 aromatic heterocycles. The molecule has 0 saturated carbocycles. The lowest BCUT2D eigenvalue weighted by molar-refractivity contribution is -0.444. The van der Waals surface area contributed by atoms with Gasteiger partial charge >= 0.3 is 0 Å². The van der Waals surface area contributed by atoms with Crippen LogP contribution in [-0.4, -0.2) is 94.8 Å². The third kappa shape index (κ3) is 7.57. The second-order valence-corrected chi connectivity index (χ2v) is 23.4. The number of para-hydroxylation sites is 2. The maximum atomic E-state index is 11.1. The van der Waals surface area contributed by atoms with Crippen LogP contribution in [0.5, 0.6) is 11.5 Å². The predicted octanol–water partition coefficient (Wildman–Crippen LogP) is 12.3. The van der Waals surface area contributed by atoms with Gasteiger partial charge in [-0.2, -0.15) is 9.15 Å². The summed E-state index contributed by atoms with van der Waals surface area (Å²) in [7, 11) is 0. The molecule has 1 N–H and O–H groups in total. The molecule has 1 fully saturated rings. The molecule has 9 heteroatoms. The van der Waals surface area contributed by atoms with Crippen LogP contribution in [0.4, 0.5) is 22.7 Å². The van der Waals surface area contributed by atoms with Crippen LogP contribution in [0.25, 0.3) is 17.2 Å². The topological polar surface area (TPSA) is 77.5 Å². The Morgan fingerprint density at radius 1 is 0.746 bits per heavy atom. The summed E-state index contributed by atoms with van der Waals surface area (Å²) >= 11 is 0. The lowest BCUT2D eigenvalue weighted by Gasteiger charge is -2.47. The Morgan fingerprint density at radius 2 is 1.32 bits per heavy atom. The average molecular weight is 955 g/mol. The average Bonchev–Trinajstić information content (AvgIpc) is 4.01. The molecule has 4 aromatic carbocycles. The van der Waals surface area contributed by atoms with Crippen LogP contribution in [0.3, 0.4) is 0 Å². The third-order valence-corrected chi connectivity index (χ3v) is 17.4. The molecule has 0 aliphatic carbocycles. The van der Waals surface area contributed by atoms with Gasteiger partial charge in [0.1, 0.15) is 17.6 Å². The largest absolute Gasteiger partial charge is 0.507 e. The van der Waals surface area contributed by atoms with Crippen molar-refractivity contribution in [1.82, 2.24) is 0 Å². The molecule has 1 unspecified atom stereocenters. The Balaban J connectivity index is 0.000000124. The van der Waals surface area contributed by atoms with Crippen molar-refractivity contribution < 1.29 is 33.3 Å². The van der Waals surface area contributed by atoms with Crippen LogP contribution < -0.4 is 14.5 Å². The lowest BCUT2D eigenvalue weighted by Crippen LogP contribution is -2.48. The van der Waals surface area contributed by atoms with E-state index >= 15 is 0 Å². The van der Waals surface area contributed by atoms with Crippen molar-refractivity contribution in [2.24, 2.45) is 0 Å². The van der Waals surface area contributed by atoms with Gasteiger partial charge in [-0.05, 0) is 124 Å². The van der Waals surface area contributed by atoms with Gasteiger partial charge in [-0.25, -0.2) is 0 Å². The van der Waals surface area contributed by atoms with E-state index in [4.69, 9.17) is 14.2 Å². The smallest absolute Gasteiger partial charge is 0.209 e. The van der Waals surface area contributed by atoms with E-state index in [1.165, 1.54) is 79.4 Å². The monoisotopic (exact) mass is 955 g/mol. The molecule has 4 aromatic rings. The number of phenolic OH excluding ortho intramolecular Hbond substituents is 1. The fourth-order valence-electron chi connectivity index (χ4n) is 13.8. The van der Waals surface area contributed by atoms with Gasteiger partial charge in [0.15, 0.2) is 37.1 Å². The van der Waals surface area contributed by atoms with E-state index in [0.29, 0.717) is 5.56 Å². The van der Waals surface area contributed by atoms with Crippen LogP contribution in [0, 0.1) is 0 Å². The first-order chi connectivity index (χ1) is 33.8. The van der Waals surface area contributed by atoms with Crippen molar-refractivity contribution >= 4 is 57.7 Å². The third-order valence-electron chi connectivity index (χ3n) is 17.4. The van der Waals surface area contributed by atoms with Gasteiger partial charge in [-0.1, -0.05) is 48.6 Å². The minimum Gasteiger partial charge on any atom is -0.507 e. The Labute approximate surface area is 421 Å². The van der Waals surface area contributed by atoms with Gasteiger partial charge in [0, 0.05) is 77.5 Å². The maximum Gasteiger partial charge on any atom is 0.209 e. The fraction of sp³-hybridized carbons (Fsp3) is 0.468. The van der Waals surface area contributed by atoms with Crippen molar-refractivity contribution in [3.63, 3.8) is 0 Å². The number of benzene rings is 4. The minimum absolute atomic E-state index is 0.0128. The number of aldehydes is 1. The predicted molar refractivity (Wildman–Crippen MR) is 288 cm³/mol. The summed E-state index contributed by atoms with van der Waals surface area (Å²) in [5.41, 5.74) is 21.6. The molecular formula is C62H74N4O5+2. The van der Waals surface area contributed by atoms with Crippen LogP contribution in [0.15, 0.2) is 78.4 Å². The number of ether oxygens (including phenoxy) is 3. The molecule has 13 rings (SSSR count). The van der Waals surface area contributed by atoms with E-state index in [-0.39, 0.29) is 40.1 Å². The van der Waals surface area contributed by atoms with Gasteiger partial charge in [-0.15, -0.1) is 0 Å². The van der Waals surface area contributed by atoms with Crippen LogP contribution >= 0.6 is 0 Å². The van der Waals surface area contributed by atoms with Crippen molar-refractivity contribution in [3.8, 4) is 11.5 Å². The highest BCUT2D eigenvalue weighted by atomic mass is 16.7. The lowest BCUT2D eigenvalue weighted by atomic mass is 9.75. The summed E-state index contributed by atoms with van der Waals surface area (Å²) in [6.45, 7) is 30.6. The first-order valence-corrected chi connectivity index (χ1v) is 26.4. The molecule has 9 nitrogen and oxygen atoms in total. The number of phenols is 1. The molecule has 9 heterocycles. The van der Waals surface area contributed by atoms with Crippen molar-refractivity contribution in [1.29, 1.82) is 0 Å². The number of allylic oxidation sites excluding steroid dienone is 2. The summed E-state index contributed by atoms with van der Waals surface area (Å²) in [5.74, 6) is 1.32. The second-order valence-electron chi connectivity index (χ2n) is 23.4. The fourth-order valence-corrected chi connectivity index (χ4v) is 13.8. The minimum atomic E-state index is -0.0403. The van der Waals surface area contributed by atoms with E-state index in [1.54, 1.807) is 0 Å². The molecule has 9 aliphatic rings. The number of carbonyl (C=O) groups excluding carboxylic acids is 1. The molecule has 0 bridgehead atoms. The van der Waals surface area contributed by atoms with Crippen LogP contribution in [0.2, 0.25) is 0 Å². The second kappa shape index (κ2) is 17.2. The molecule has 0 amide bonds. The van der Waals surface area contributed by atoms with Crippen LogP contribution in [-0.2, 0) is 33.1 Å². The van der Waals surface area contributed by atoms with Gasteiger partial charge in [0.05, 0.1) is 64.1 Å². The van der Waals surface area contributed by atoms with Crippen LogP contribution in [0.1, 0.15) is 151 Å². The Kier molecular flexibility index (Phi) is 11.5. The van der Waals surface area contributed by atoms with Gasteiger partial charge in [-0.3, -0.25) is 4.79 Å². The van der Waals surface area contributed by atoms with E-state index < -0.39 is 0 Å². The summed E-state index contributed by atoms with van der Waals surface area (Å²) < 4.78 is 23.0. The van der Waals surface area contributed by atoms with E-state index in [1.807, 2.05) is 6.07 Å². The highest BCUT2D eigenvalue weighted by molar-refractivity contribution is 6.11. The molecule has 71 heavy (non-hydrogen) atoms. The molecular weight excluding hydrogens is 881 g/mol. The summed E-state index contributed by atoms with van der Waals surface area (Å²) in [6, 6.07) is 21.9. The quantitative estimate of drug-likeness (QED) is 0.161. The van der Waals surface area contributed by atoms with E-state index in [9.17, 15) is 9.90 Å². The van der Waals surface area contributed by atoms with Gasteiger partial charge < -0.3 is 29.1 Å². The highest BCUT2D eigenvalue weighted by Crippen LogP contribution is 2.53. The summed E-state index contributed by atoms with van der Waals surface area (Å²) in [4.78, 5) is 16.1. The molecule has 1 saturated heterocycles. The molecule has 0 spiro atoms. The number of rotatable bonds is 4. The number of aromatic hydroxyl groups is 1. The number of hydrogen-bond acceptors (Lipinski definition) is 7. The standard InChI is InChI=1S/C30H33N2O.C16H19NO2.C16H22NO2/c1-18-17-29(2,3)32-13-8-9-20-26(32)21(18)15-19-16-22-25(33-27(19)20)12-14-31-24-11-7-6-10-23(24)30(4,5)28(22)31;1-10-8-16(2,3)17-6-4-5-12-14(17)13(10)7-11(9-18)15(12)19;1-12-16(2,3)13-6-4-5-7-14(13)17(12)9-8-15-18-10-11-19-15/h6-7,10-11,15-17,25H,8-9,12-14H2,1-5H3;7-9,19H,4-6H2,1-3H3;4-7,15H,8-11H2,1-3H3/q+1;;+1. The zero-order valence-corrected chi connectivity index (χ0v) is 44.1. The number of anilines is 2. The highest BCUT2D eigenvalue weighted by Gasteiger charge is 2.53. The number of nitrogens with zero attached hydrogens (tertiary/aromatic N) is 4. The Bertz CT molecular complexity index is 3060. The maximum absolute atomic E-state index is 11.1. The SMILES string of the molecule is CC1=CC(C)(C)N2CCCc3c(O)c(C=O)cc1c32.CC1=CC(C)(C)N2CCCc3c4c(cc1c32)C=C1C2=[N+](CCC1O4)c1ccccc1C2(C)C.CC1=[N+](CCC2OCCO2)c2ccccc2C1(C)C. The molecule has 0 radical (unpaired) electrons. The van der Waals surface area contributed by atoms with Crippen molar-refractivity contribution in [2.75, 3.05) is 49.2 Å². The van der Waals surface area contributed by atoms with Crippen molar-refractivity contribution in [2.45, 2.75) is 149 Å². The molecule has 370 valence electrons. The van der Waals surface area contributed by atoms with E-state index in [2.05, 4.69) is 168 Å². The normalized spacial score (nSPS) is 22.9. The molecule has 1 atom stereocenters. The van der Waals surface area contributed by atoms with Gasteiger partial charge in [0.25, 0.3) is 0 Å². The summed E-state index contributed by atoms with van der Waals surface area (Å²) in [6.07, 6.45) is 14.1. The zero-order chi connectivity index (χ0) is 49.9. The summed E-state index contributed by atoms with van der Waals surface area (Å²) in [5, 5.41) is 10.3.